The van der Waals surface area contributed by atoms with Crippen molar-refractivity contribution < 1.29 is 39.8 Å². The van der Waals surface area contributed by atoms with Gasteiger partial charge in [-0.2, -0.15) is 0 Å². The van der Waals surface area contributed by atoms with Crippen molar-refractivity contribution in [2.24, 2.45) is 21.7 Å². The third-order valence-corrected chi connectivity index (χ3v) is 7.25. The van der Waals surface area contributed by atoms with E-state index in [9.17, 15) is 30.3 Å². The van der Waals surface area contributed by atoms with Gasteiger partial charge in [0, 0.05) is 12.8 Å². The molecule has 1 aliphatic rings. The first-order valence-electron chi connectivity index (χ1n) is 14.4. The molecule has 8 unspecified atom stereocenters. The minimum atomic E-state index is -1.44. The van der Waals surface area contributed by atoms with Gasteiger partial charge in [0.2, 0.25) is 5.91 Å². The highest BCUT2D eigenvalue weighted by atomic mass is 16.5. The Balaban J connectivity index is 3.15. The van der Waals surface area contributed by atoms with E-state index in [1.54, 1.807) is 6.92 Å². The smallest absolute Gasteiger partial charge is 0.220 e. The van der Waals surface area contributed by atoms with Crippen molar-refractivity contribution in [3.8, 4) is 0 Å². The fourth-order valence-corrected chi connectivity index (χ4v) is 6.30. The second-order valence-electron chi connectivity index (χ2n) is 15.7. The van der Waals surface area contributed by atoms with Gasteiger partial charge in [0.25, 0.3) is 0 Å². The van der Waals surface area contributed by atoms with Crippen molar-refractivity contribution in [3.05, 3.63) is 0 Å². The Morgan fingerprint density at radius 3 is 1.97 bits per heavy atom. The lowest BCUT2D eigenvalue weighted by Crippen LogP contribution is -2.57. The van der Waals surface area contributed by atoms with Crippen LogP contribution in [0.15, 0.2) is 0 Å². The summed E-state index contributed by atoms with van der Waals surface area (Å²) < 4.78 is 11.6. The Labute approximate surface area is 236 Å². The molecule has 0 aromatic rings. The molecule has 0 aliphatic carbocycles. The minimum absolute atomic E-state index is 0.0237. The zero-order valence-corrected chi connectivity index (χ0v) is 26.3. The number of hydrogen-bond donors (Lipinski definition) is 6. The first-order valence-corrected chi connectivity index (χ1v) is 14.4. The predicted octanol–water partition coefficient (Wildman–Crippen LogP) is 2.78. The number of ether oxygens (including phenoxy) is 2. The van der Waals surface area contributed by atoms with Gasteiger partial charge in [-0.25, -0.2) is 0 Å². The summed E-state index contributed by atoms with van der Waals surface area (Å²) in [4.78, 5) is 13.2. The van der Waals surface area contributed by atoms with Crippen molar-refractivity contribution in [2.75, 3.05) is 13.2 Å². The van der Waals surface area contributed by atoms with Crippen molar-refractivity contribution in [1.82, 2.24) is 5.32 Å². The normalized spacial score (nSPS) is 28.3. The van der Waals surface area contributed by atoms with Crippen LogP contribution in [-0.4, -0.2) is 93.4 Å². The molecule has 6 N–H and O–H groups in total. The van der Waals surface area contributed by atoms with E-state index in [0.29, 0.717) is 6.42 Å². The molecule has 0 bridgehead atoms. The number of nitrogens with one attached hydrogen (secondary N) is 1. The highest BCUT2D eigenvalue weighted by molar-refractivity contribution is 5.77. The van der Waals surface area contributed by atoms with E-state index in [4.69, 9.17) is 9.47 Å². The number of carbonyl (C=O) groups is 1. The summed E-state index contributed by atoms with van der Waals surface area (Å²) in [5.41, 5.74) is -1.06. The molecule has 1 amide bonds. The molecule has 0 aromatic heterocycles. The Bertz CT molecular complexity index is 757. The highest BCUT2D eigenvalue weighted by Crippen LogP contribution is 2.38. The Morgan fingerprint density at radius 1 is 0.923 bits per heavy atom. The van der Waals surface area contributed by atoms with Crippen molar-refractivity contribution >= 4 is 5.91 Å². The molecule has 1 saturated heterocycles. The number of carbonyl (C=O) groups excluding carboxylic acids is 1. The van der Waals surface area contributed by atoms with Crippen LogP contribution >= 0.6 is 0 Å². The van der Waals surface area contributed by atoms with Gasteiger partial charge in [0.05, 0.1) is 37.6 Å². The second kappa shape index (κ2) is 13.9. The van der Waals surface area contributed by atoms with Crippen LogP contribution in [0, 0.1) is 21.7 Å². The second-order valence-corrected chi connectivity index (χ2v) is 15.7. The molecule has 8 atom stereocenters. The van der Waals surface area contributed by atoms with Crippen LogP contribution < -0.4 is 5.32 Å². The van der Waals surface area contributed by atoms with Crippen LogP contribution in [0.25, 0.3) is 0 Å². The molecular weight excluding hydrogens is 502 g/mol. The first-order chi connectivity index (χ1) is 17.4. The molecule has 9 heteroatoms. The van der Waals surface area contributed by atoms with Gasteiger partial charge in [-0.1, -0.05) is 69.2 Å². The highest BCUT2D eigenvalue weighted by Gasteiger charge is 2.42. The van der Waals surface area contributed by atoms with Crippen molar-refractivity contribution in [1.29, 1.82) is 0 Å². The van der Waals surface area contributed by atoms with E-state index in [2.05, 4.69) is 46.9 Å². The Hall–Kier alpha value is -0.810. The summed E-state index contributed by atoms with van der Waals surface area (Å²) in [6, 6.07) is -0.991. The molecule has 0 saturated carbocycles. The van der Waals surface area contributed by atoms with Crippen LogP contribution in [-0.2, 0) is 14.3 Å². The summed E-state index contributed by atoms with van der Waals surface area (Å²) in [7, 11) is 0. The number of aliphatic hydroxyl groups excluding tert-OH is 5. The standard InChI is InChI=1S/C30H59NO8/c1-18-12-20(32)24(35)25(36)21(15-38-18)39-14-19(23(34)26(37)30(10,11)17-28(5,6)7)31-22(33)13-29(8,9)16-27(2,3)4/h18-21,23-26,32,34-37H,12-17H2,1-11H3,(H,31,33). The van der Waals surface area contributed by atoms with E-state index < -0.39 is 48.1 Å². The lowest BCUT2D eigenvalue weighted by Gasteiger charge is -2.41. The molecule has 9 nitrogen and oxygen atoms in total. The Morgan fingerprint density at radius 2 is 1.46 bits per heavy atom. The quantitative estimate of drug-likeness (QED) is 0.226. The fourth-order valence-electron chi connectivity index (χ4n) is 6.30. The largest absolute Gasteiger partial charge is 0.390 e. The van der Waals surface area contributed by atoms with Gasteiger partial charge in [0.1, 0.15) is 24.4 Å². The maximum Gasteiger partial charge on any atom is 0.220 e. The zero-order chi connectivity index (χ0) is 30.6. The molecule has 1 heterocycles. The third kappa shape index (κ3) is 12.7. The lowest BCUT2D eigenvalue weighted by atomic mass is 9.71. The topological polar surface area (TPSA) is 149 Å². The lowest BCUT2D eigenvalue weighted by molar-refractivity contribution is -0.178. The van der Waals surface area contributed by atoms with Crippen molar-refractivity contribution in [3.63, 3.8) is 0 Å². The molecule has 0 radical (unpaired) electrons. The van der Waals surface area contributed by atoms with E-state index in [-0.39, 0.29) is 54.3 Å². The van der Waals surface area contributed by atoms with Gasteiger partial charge < -0.3 is 40.3 Å². The first kappa shape index (κ1) is 36.2. The van der Waals surface area contributed by atoms with Crippen LogP contribution in [0.4, 0.5) is 0 Å². The van der Waals surface area contributed by atoms with Gasteiger partial charge >= 0.3 is 0 Å². The number of amides is 1. The summed E-state index contributed by atoms with van der Waals surface area (Å²) in [5.74, 6) is -0.281. The molecule has 1 fully saturated rings. The molecule has 39 heavy (non-hydrogen) atoms. The molecule has 0 aromatic carbocycles. The van der Waals surface area contributed by atoms with Gasteiger partial charge in [-0.05, 0) is 41.4 Å². The average molecular weight is 562 g/mol. The van der Waals surface area contributed by atoms with Crippen LogP contribution in [0.1, 0.15) is 102 Å². The van der Waals surface area contributed by atoms with Crippen molar-refractivity contribution in [2.45, 2.75) is 151 Å². The summed E-state index contributed by atoms with van der Waals surface area (Å²) in [5, 5.41) is 56.7. The molecule has 1 rings (SSSR count). The fraction of sp³-hybridized carbons (Fsp3) is 0.967. The number of hydrogen-bond acceptors (Lipinski definition) is 8. The van der Waals surface area contributed by atoms with E-state index >= 15 is 0 Å². The summed E-state index contributed by atoms with van der Waals surface area (Å²) in [6.07, 6.45) is -6.17. The van der Waals surface area contributed by atoms with E-state index in [1.807, 2.05) is 27.7 Å². The summed E-state index contributed by atoms with van der Waals surface area (Å²) >= 11 is 0. The van der Waals surface area contributed by atoms with Crippen LogP contribution in [0.2, 0.25) is 0 Å². The zero-order valence-electron chi connectivity index (χ0n) is 26.3. The van der Waals surface area contributed by atoms with Gasteiger partial charge in [0.15, 0.2) is 0 Å². The molecule has 232 valence electrons. The molecule has 0 spiro atoms. The average Bonchev–Trinajstić information content (AvgIpc) is 2.71. The van der Waals surface area contributed by atoms with Gasteiger partial charge in [-0.15, -0.1) is 0 Å². The molecular formula is C30H59NO8. The van der Waals surface area contributed by atoms with E-state index in [0.717, 1.165) is 6.42 Å². The van der Waals surface area contributed by atoms with Crippen LogP contribution in [0.5, 0.6) is 0 Å². The number of rotatable bonds is 11. The summed E-state index contributed by atoms with van der Waals surface area (Å²) in [6.45, 7) is 21.8. The van der Waals surface area contributed by atoms with Crippen LogP contribution in [0.3, 0.4) is 0 Å². The maximum absolute atomic E-state index is 13.2. The third-order valence-electron chi connectivity index (χ3n) is 7.25. The Kier molecular flexibility index (Phi) is 12.9. The maximum atomic E-state index is 13.2. The number of aliphatic hydroxyl groups is 5. The molecule has 1 aliphatic heterocycles. The minimum Gasteiger partial charge on any atom is -0.390 e. The van der Waals surface area contributed by atoms with E-state index in [1.165, 1.54) is 0 Å². The SMILES string of the molecule is CC1CC(O)C(O)C(O)C(OCC(NC(=O)CC(C)(C)CC(C)(C)C)C(O)C(O)C(C)(C)CC(C)(C)C)CO1. The monoisotopic (exact) mass is 561 g/mol. The predicted molar refractivity (Wildman–Crippen MR) is 152 cm³/mol. The van der Waals surface area contributed by atoms with Gasteiger partial charge in [-0.3, -0.25) is 4.79 Å².